The summed E-state index contributed by atoms with van der Waals surface area (Å²) in [7, 11) is 3.66. The van der Waals surface area contributed by atoms with Crippen LogP contribution in [-0.4, -0.2) is 48.7 Å². The van der Waals surface area contributed by atoms with Crippen LogP contribution in [0.3, 0.4) is 0 Å². The Hall–Kier alpha value is -4.37. The molecule has 6 rings (SSSR count). The Morgan fingerprint density at radius 3 is 2.69 bits per heavy atom. The fourth-order valence-corrected chi connectivity index (χ4v) is 4.50. The van der Waals surface area contributed by atoms with Crippen molar-refractivity contribution >= 4 is 16.9 Å². The number of methoxy groups -OCH3 is 1. The van der Waals surface area contributed by atoms with Crippen molar-refractivity contribution in [3.63, 3.8) is 0 Å². The van der Waals surface area contributed by atoms with Crippen molar-refractivity contribution < 1.29 is 4.74 Å². The van der Waals surface area contributed by atoms with E-state index in [4.69, 9.17) is 19.7 Å². The first-order valence-electron chi connectivity index (χ1n) is 11.3. The zero-order chi connectivity index (χ0) is 23.9. The molecule has 0 aliphatic carbocycles. The Balaban J connectivity index is 1.53. The number of imidazole rings is 1. The molecule has 0 bridgehead atoms. The van der Waals surface area contributed by atoms with E-state index < -0.39 is 0 Å². The summed E-state index contributed by atoms with van der Waals surface area (Å²) in [5.74, 6) is 1.39. The van der Waals surface area contributed by atoms with Crippen LogP contribution in [0.5, 0.6) is 5.75 Å². The highest BCUT2D eigenvalue weighted by Crippen LogP contribution is 2.39. The molecule has 174 valence electrons. The van der Waals surface area contributed by atoms with Crippen molar-refractivity contribution in [1.82, 2.24) is 34.5 Å². The van der Waals surface area contributed by atoms with Gasteiger partial charge in [0.05, 0.1) is 31.4 Å². The molecule has 1 aliphatic heterocycles. The van der Waals surface area contributed by atoms with Gasteiger partial charge in [-0.2, -0.15) is 0 Å². The van der Waals surface area contributed by atoms with Gasteiger partial charge in [-0.3, -0.25) is 4.98 Å². The van der Waals surface area contributed by atoms with Gasteiger partial charge in [-0.25, -0.2) is 24.9 Å². The molecular formula is C26H24N8O. The number of rotatable bonds is 5. The molecule has 1 N–H and O–H groups in total. The number of aryl methyl sites for hydroxylation is 1. The number of benzene rings is 1. The third-order valence-corrected chi connectivity index (χ3v) is 6.21. The van der Waals surface area contributed by atoms with Crippen molar-refractivity contribution in [3.05, 3.63) is 89.8 Å². The average Bonchev–Trinajstić information content (AvgIpc) is 3.44. The van der Waals surface area contributed by atoms with Crippen LogP contribution >= 0.6 is 0 Å². The highest BCUT2D eigenvalue weighted by atomic mass is 16.5. The van der Waals surface area contributed by atoms with Gasteiger partial charge in [-0.1, -0.05) is 18.2 Å². The fraction of sp³-hybridized carbons (Fsp3) is 0.192. The smallest absolute Gasteiger partial charge is 0.180 e. The summed E-state index contributed by atoms with van der Waals surface area (Å²) in [5.41, 5.74) is 10.5. The number of hydrogen-bond donors (Lipinski definition) is 1. The molecule has 0 saturated carbocycles. The fourth-order valence-electron chi connectivity index (χ4n) is 4.50. The van der Waals surface area contributed by atoms with Crippen molar-refractivity contribution in [3.8, 4) is 17.3 Å². The lowest BCUT2D eigenvalue weighted by Crippen LogP contribution is -2.25. The number of aromatic nitrogens is 6. The summed E-state index contributed by atoms with van der Waals surface area (Å²) < 4.78 is 7.35. The second kappa shape index (κ2) is 8.44. The Bertz CT molecular complexity index is 1530. The Kier molecular flexibility index (Phi) is 5.11. The second-order valence-electron chi connectivity index (χ2n) is 8.58. The van der Waals surface area contributed by atoms with Crippen LogP contribution in [0.1, 0.15) is 28.6 Å². The largest absolute Gasteiger partial charge is 0.497 e. The lowest BCUT2D eigenvalue weighted by atomic mass is 10.0. The van der Waals surface area contributed by atoms with E-state index >= 15 is 0 Å². The summed E-state index contributed by atoms with van der Waals surface area (Å²) in [4.78, 5) is 23.8. The first-order chi connectivity index (χ1) is 17.1. The molecule has 1 atom stereocenters. The zero-order valence-electron chi connectivity index (χ0n) is 19.7. The number of ether oxygens (including phenoxy) is 1. The number of anilines is 1. The molecule has 9 heteroatoms. The topological polar surface area (TPSA) is 93.9 Å². The standard InChI is InChI=1S/C26H24N8O/c1-16-5-4-6-21(29-16)25-30-22(24-19-13-27-12-11-20(19)32-33(24)2)23-26(31-25)34(15-28-23)14-17-7-9-18(35-3)10-8-17/h4-13,15,24,32H,14H2,1-3H3. The van der Waals surface area contributed by atoms with Gasteiger partial charge < -0.3 is 14.7 Å². The lowest BCUT2D eigenvalue weighted by molar-refractivity contribution is 0.358. The van der Waals surface area contributed by atoms with Crippen molar-refractivity contribution in [1.29, 1.82) is 0 Å². The number of nitrogens with zero attached hydrogens (tertiary/aromatic N) is 7. The molecule has 0 fully saturated rings. The zero-order valence-corrected chi connectivity index (χ0v) is 19.7. The first-order valence-corrected chi connectivity index (χ1v) is 11.3. The van der Waals surface area contributed by atoms with Gasteiger partial charge in [0.15, 0.2) is 11.5 Å². The van der Waals surface area contributed by atoms with Crippen molar-refractivity contribution in [2.75, 3.05) is 19.6 Å². The molecule has 0 spiro atoms. The molecule has 4 aromatic heterocycles. The van der Waals surface area contributed by atoms with E-state index in [0.29, 0.717) is 12.4 Å². The van der Waals surface area contributed by atoms with Crippen LogP contribution in [-0.2, 0) is 6.54 Å². The van der Waals surface area contributed by atoms with E-state index in [2.05, 4.69) is 15.4 Å². The van der Waals surface area contributed by atoms with Crippen LogP contribution in [0.25, 0.3) is 22.7 Å². The molecule has 0 amide bonds. The Labute approximate surface area is 202 Å². The highest BCUT2D eigenvalue weighted by Gasteiger charge is 2.33. The normalized spacial score (nSPS) is 15.2. The minimum absolute atomic E-state index is 0.169. The maximum absolute atomic E-state index is 5.30. The molecule has 1 aliphatic rings. The Morgan fingerprint density at radius 1 is 1.03 bits per heavy atom. The van der Waals surface area contributed by atoms with E-state index in [-0.39, 0.29) is 6.04 Å². The molecule has 0 saturated heterocycles. The summed E-state index contributed by atoms with van der Waals surface area (Å²) in [6.07, 6.45) is 5.49. The molecular weight excluding hydrogens is 440 g/mol. The highest BCUT2D eigenvalue weighted by molar-refractivity contribution is 5.78. The molecule has 9 nitrogen and oxygen atoms in total. The maximum atomic E-state index is 5.30. The van der Waals surface area contributed by atoms with E-state index in [1.54, 1.807) is 13.3 Å². The molecule has 5 aromatic rings. The molecule has 5 heterocycles. The third-order valence-electron chi connectivity index (χ3n) is 6.21. The Morgan fingerprint density at radius 2 is 1.89 bits per heavy atom. The summed E-state index contributed by atoms with van der Waals surface area (Å²) >= 11 is 0. The van der Waals surface area contributed by atoms with Gasteiger partial charge in [0, 0.05) is 30.7 Å². The van der Waals surface area contributed by atoms with Crippen LogP contribution in [0.15, 0.2) is 67.3 Å². The second-order valence-corrected chi connectivity index (χ2v) is 8.58. The predicted molar refractivity (Wildman–Crippen MR) is 133 cm³/mol. The quantitative estimate of drug-likeness (QED) is 0.417. The average molecular weight is 465 g/mol. The van der Waals surface area contributed by atoms with E-state index in [9.17, 15) is 0 Å². The van der Waals surface area contributed by atoms with Crippen LogP contribution in [0.4, 0.5) is 5.69 Å². The number of pyridine rings is 2. The SMILES string of the molecule is COc1ccc(Cn2cnc3c(C4c5cnccc5NN4C)nc(-c4cccc(C)n4)nc32)cc1. The third kappa shape index (κ3) is 3.75. The van der Waals surface area contributed by atoms with Crippen molar-refractivity contribution in [2.45, 2.75) is 19.5 Å². The maximum Gasteiger partial charge on any atom is 0.180 e. The van der Waals surface area contributed by atoms with Gasteiger partial charge >= 0.3 is 0 Å². The number of nitrogens with one attached hydrogen (secondary N) is 1. The van der Waals surface area contributed by atoms with Gasteiger partial charge in [0.1, 0.15) is 23.0 Å². The molecule has 35 heavy (non-hydrogen) atoms. The van der Waals surface area contributed by atoms with Crippen LogP contribution < -0.4 is 10.2 Å². The number of hydrazine groups is 1. The minimum atomic E-state index is -0.169. The summed E-state index contributed by atoms with van der Waals surface area (Å²) in [6, 6.07) is 15.7. The minimum Gasteiger partial charge on any atom is -0.497 e. The summed E-state index contributed by atoms with van der Waals surface area (Å²) in [5, 5.41) is 2.03. The van der Waals surface area contributed by atoms with E-state index in [0.717, 1.165) is 50.8 Å². The number of hydrogen-bond acceptors (Lipinski definition) is 8. The number of fused-ring (bicyclic) bond motifs is 2. The monoisotopic (exact) mass is 464 g/mol. The summed E-state index contributed by atoms with van der Waals surface area (Å²) in [6.45, 7) is 2.59. The van der Waals surface area contributed by atoms with Crippen LogP contribution in [0.2, 0.25) is 0 Å². The van der Waals surface area contributed by atoms with Gasteiger partial charge in [-0.15, -0.1) is 0 Å². The van der Waals surface area contributed by atoms with Gasteiger partial charge in [0.25, 0.3) is 0 Å². The molecule has 0 radical (unpaired) electrons. The lowest BCUT2D eigenvalue weighted by Gasteiger charge is -2.20. The molecule has 1 unspecified atom stereocenters. The van der Waals surface area contributed by atoms with Gasteiger partial charge in [0.2, 0.25) is 0 Å². The van der Waals surface area contributed by atoms with Crippen molar-refractivity contribution in [2.24, 2.45) is 0 Å². The van der Waals surface area contributed by atoms with E-state index in [1.165, 1.54) is 0 Å². The van der Waals surface area contributed by atoms with Crippen LogP contribution in [0, 0.1) is 6.92 Å². The van der Waals surface area contributed by atoms with E-state index in [1.807, 2.05) is 84.6 Å². The first kappa shape index (κ1) is 21.2. The van der Waals surface area contributed by atoms with Gasteiger partial charge in [-0.05, 0) is 42.8 Å². The molecule has 1 aromatic carbocycles. The predicted octanol–water partition coefficient (Wildman–Crippen LogP) is 4.01.